The van der Waals surface area contributed by atoms with Crippen LogP contribution in [0.1, 0.15) is 17.3 Å². The van der Waals surface area contributed by atoms with Crippen LogP contribution in [0.25, 0.3) is 0 Å². The van der Waals surface area contributed by atoms with Gasteiger partial charge in [-0.1, -0.05) is 6.07 Å². The fraction of sp³-hybridized carbons (Fsp3) is 0.200. The highest BCUT2D eigenvalue weighted by Crippen LogP contribution is 2.32. The van der Waals surface area contributed by atoms with Gasteiger partial charge in [-0.3, -0.25) is 9.10 Å². The number of carbonyl (C=O) groups excluding carboxylic acids is 2. The number of benzene rings is 3. The maximum absolute atomic E-state index is 13.6. The minimum Gasteiger partial charge on any atom is -0.493 e. The average Bonchev–Trinajstić information content (AvgIpc) is 2.87. The Hall–Kier alpha value is -4.12. The number of carbonyl (C=O) groups is 2. The molecule has 36 heavy (non-hydrogen) atoms. The number of rotatable bonds is 10. The maximum atomic E-state index is 13.6. The van der Waals surface area contributed by atoms with Gasteiger partial charge in [0, 0.05) is 11.8 Å². The lowest BCUT2D eigenvalue weighted by atomic mass is 10.2. The maximum Gasteiger partial charge on any atom is 0.338 e. The van der Waals surface area contributed by atoms with Crippen molar-refractivity contribution in [1.29, 1.82) is 0 Å². The number of amides is 1. The predicted molar refractivity (Wildman–Crippen MR) is 132 cm³/mol. The van der Waals surface area contributed by atoms with Crippen molar-refractivity contribution in [2.45, 2.75) is 11.8 Å². The Labute approximate surface area is 208 Å². The standard InChI is InChI=1S/C25H25FN2O7S/c1-4-35-25(30)17-6-5-7-19(14-17)27-24(29)16-28(20-10-8-18(26)9-11-20)36(31,32)21-12-13-22(33-2)23(15-21)34-3/h5-15H,4,16H2,1-3H3,(H,27,29). The van der Waals surface area contributed by atoms with E-state index >= 15 is 0 Å². The molecule has 0 saturated carbocycles. The molecule has 1 N–H and O–H groups in total. The van der Waals surface area contributed by atoms with E-state index in [1.165, 1.54) is 56.7 Å². The summed E-state index contributed by atoms with van der Waals surface area (Å²) in [5.74, 6) is -1.31. The molecular weight excluding hydrogens is 491 g/mol. The Morgan fingerprint density at radius 2 is 1.64 bits per heavy atom. The molecule has 0 radical (unpaired) electrons. The number of nitrogens with zero attached hydrogens (tertiary/aromatic N) is 1. The second-order valence-corrected chi connectivity index (χ2v) is 9.22. The SMILES string of the molecule is CCOC(=O)c1cccc(NC(=O)CN(c2ccc(F)cc2)S(=O)(=O)c2ccc(OC)c(OC)c2)c1. The molecule has 0 saturated heterocycles. The summed E-state index contributed by atoms with van der Waals surface area (Å²) in [6.07, 6.45) is 0. The van der Waals surface area contributed by atoms with Crippen molar-refractivity contribution >= 4 is 33.3 Å². The fourth-order valence-corrected chi connectivity index (χ4v) is 4.73. The van der Waals surface area contributed by atoms with E-state index in [4.69, 9.17) is 14.2 Å². The molecule has 3 aromatic carbocycles. The number of hydrogen-bond acceptors (Lipinski definition) is 7. The third kappa shape index (κ3) is 6.11. The second kappa shape index (κ2) is 11.5. The number of esters is 1. The van der Waals surface area contributed by atoms with Gasteiger partial charge in [-0.05, 0) is 61.5 Å². The lowest BCUT2D eigenvalue weighted by Crippen LogP contribution is -2.38. The Bertz CT molecular complexity index is 1340. The van der Waals surface area contributed by atoms with Gasteiger partial charge in [0.2, 0.25) is 5.91 Å². The molecule has 0 atom stereocenters. The molecule has 190 valence electrons. The van der Waals surface area contributed by atoms with Crippen LogP contribution in [-0.2, 0) is 19.6 Å². The van der Waals surface area contributed by atoms with Crippen molar-refractivity contribution in [2.24, 2.45) is 0 Å². The van der Waals surface area contributed by atoms with Crippen LogP contribution in [-0.4, -0.2) is 47.7 Å². The Morgan fingerprint density at radius 1 is 0.944 bits per heavy atom. The van der Waals surface area contributed by atoms with Crippen LogP contribution in [0.5, 0.6) is 11.5 Å². The summed E-state index contributed by atoms with van der Waals surface area (Å²) in [4.78, 5) is 24.7. The van der Waals surface area contributed by atoms with Crippen LogP contribution in [0.15, 0.2) is 71.6 Å². The van der Waals surface area contributed by atoms with Crippen molar-refractivity contribution < 1.29 is 36.6 Å². The van der Waals surface area contributed by atoms with Crippen molar-refractivity contribution in [3.8, 4) is 11.5 Å². The number of methoxy groups -OCH3 is 2. The molecule has 0 bridgehead atoms. The minimum atomic E-state index is -4.30. The zero-order valence-electron chi connectivity index (χ0n) is 19.9. The lowest BCUT2D eigenvalue weighted by Gasteiger charge is -2.24. The molecule has 0 aliphatic rings. The van der Waals surface area contributed by atoms with Gasteiger partial charge in [0.1, 0.15) is 12.4 Å². The van der Waals surface area contributed by atoms with E-state index in [1.807, 2.05) is 0 Å². The van der Waals surface area contributed by atoms with E-state index < -0.39 is 34.3 Å². The van der Waals surface area contributed by atoms with Crippen molar-refractivity contribution in [1.82, 2.24) is 0 Å². The second-order valence-electron chi connectivity index (χ2n) is 7.35. The van der Waals surface area contributed by atoms with E-state index in [0.29, 0.717) is 5.75 Å². The summed E-state index contributed by atoms with van der Waals surface area (Å²) in [6.45, 7) is 1.23. The van der Waals surface area contributed by atoms with Crippen LogP contribution >= 0.6 is 0 Å². The van der Waals surface area contributed by atoms with Gasteiger partial charge in [-0.2, -0.15) is 0 Å². The summed E-state index contributed by atoms with van der Waals surface area (Å²) >= 11 is 0. The van der Waals surface area contributed by atoms with E-state index in [-0.39, 0.29) is 34.2 Å². The normalized spacial score (nSPS) is 10.9. The first-order chi connectivity index (χ1) is 17.2. The fourth-order valence-electron chi connectivity index (χ4n) is 3.30. The van der Waals surface area contributed by atoms with Gasteiger partial charge in [-0.15, -0.1) is 0 Å². The van der Waals surface area contributed by atoms with Crippen molar-refractivity contribution in [3.63, 3.8) is 0 Å². The van der Waals surface area contributed by atoms with Gasteiger partial charge in [0.05, 0.1) is 37.0 Å². The first-order valence-corrected chi connectivity index (χ1v) is 12.2. The summed E-state index contributed by atoms with van der Waals surface area (Å²) in [7, 11) is -1.52. The summed E-state index contributed by atoms with van der Waals surface area (Å²) in [6, 6.07) is 14.7. The van der Waals surface area contributed by atoms with Gasteiger partial charge >= 0.3 is 5.97 Å². The quantitative estimate of drug-likeness (QED) is 0.408. The predicted octanol–water partition coefficient (Wildman–Crippen LogP) is 3.85. The molecule has 9 nitrogen and oxygen atoms in total. The van der Waals surface area contributed by atoms with Gasteiger partial charge in [0.15, 0.2) is 11.5 Å². The number of ether oxygens (including phenoxy) is 3. The number of halogens is 1. The summed E-state index contributed by atoms with van der Waals surface area (Å²) < 4.78 is 56.9. The number of anilines is 2. The molecule has 0 spiro atoms. The lowest BCUT2D eigenvalue weighted by molar-refractivity contribution is -0.114. The Balaban J connectivity index is 1.94. The molecule has 0 aliphatic heterocycles. The van der Waals surface area contributed by atoms with Crippen molar-refractivity contribution in [3.05, 3.63) is 78.1 Å². The molecule has 0 unspecified atom stereocenters. The van der Waals surface area contributed by atoms with Crippen LogP contribution in [0.4, 0.5) is 15.8 Å². The van der Waals surface area contributed by atoms with E-state index in [0.717, 1.165) is 16.4 Å². The number of hydrogen-bond donors (Lipinski definition) is 1. The first kappa shape index (κ1) is 26.5. The zero-order chi connectivity index (χ0) is 26.3. The van der Waals surface area contributed by atoms with Crippen molar-refractivity contribution in [2.75, 3.05) is 37.0 Å². The topological polar surface area (TPSA) is 111 Å². The first-order valence-electron chi connectivity index (χ1n) is 10.8. The molecular formula is C25H25FN2O7S. The largest absolute Gasteiger partial charge is 0.493 e. The zero-order valence-corrected chi connectivity index (χ0v) is 20.7. The third-order valence-corrected chi connectivity index (χ3v) is 6.77. The third-order valence-electron chi connectivity index (χ3n) is 5.00. The van der Waals surface area contributed by atoms with Crippen LogP contribution < -0.4 is 19.1 Å². The monoisotopic (exact) mass is 516 g/mol. The minimum absolute atomic E-state index is 0.0709. The highest BCUT2D eigenvalue weighted by Gasteiger charge is 2.28. The van der Waals surface area contributed by atoms with Gasteiger partial charge in [0.25, 0.3) is 10.0 Å². The Kier molecular flexibility index (Phi) is 8.49. The molecule has 0 heterocycles. The molecule has 11 heteroatoms. The average molecular weight is 517 g/mol. The molecule has 3 rings (SSSR count). The molecule has 0 fully saturated rings. The molecule has 3 aromatic rings. The van der Waals surface area contributed by atoms with E-state index in [9.17, 15) is 22.4 Å². The molecule has 0 aromatic heterocycles. The highest BCUT2D eigenvalue weighted by atomic mass is 32.2. The highest BCUT2D eigenvalue weighted by molar-refractivity contribution is 7.92. The van der Waals surface area contributed by atoms with Crippen LogP contribution in [0, 0.1) is 5.82 Å². The summed E-state index contributed by atoms with van der Waals surface area (Å²) in [5, 5.41) is 2.58. The van der Waals surface area contributed by atoms with Gasteiger partial charge < -0.3 is 19.5 Å². The molecule has 0 aliphatic carbocycles. The van der Waals surface area contributed by atoms with E-state index in [1.54, 1.807) is 19.1 Å². The van der Waals surface area contributed by atoms with Crippen LogP contribution in [0.3, 0.4) is 0 Å². The summed E-state index contributed by atoms with van der Waals surface area (Å²) in [5.41, 5.74) is 0.567. The van der Waals surface area contributed by atoms with Gasteiger partial charge in [-0.25, -0.2) is 17.6 Å². The number of nitrogens with one attached hydrogen (secondary N) is 1. The molecule has 1 amide bonds. The van der Waals surface area contributed by atoms with E-state index in [2.05, 4.69) is 5.32 Å². The number of sulfonamides is 1. The smallest absolute Gasteiger partial charge is 0.338 e. The Morgan fingerprint density at radius 3 is 2.28 bits per heavy atom. The van der Waals surface area contributed by atoms with Crippen LogP contribution in [0.2, 0.25) is 0 Å².